The number of aromatic carboxylic acids is 1. The van der Waals surface area contributed by atoms with Crippen LogP contribution in [0.3, 0.4) is 0 Å². The SMILES string of the molecule is Cc1coc(SCc2ccc(C(=O)O)cc2F)n1. The largest absolute Gasteiger partial charge is 0.478 e. The quantitative estimate of drug-likeness (QED) is 0.862. The number of hydrogen-bond acceptors (Lipinski definition) is 4. The smallest absolute Gasteiger partial charge is 0.335 e. The number of carboxylic acids is 1. The lowest BCUT2D eigenvalue weighted by atomic mass is 10.1. The molecule has 1 N–H and O–H groups in total. The monoisotopic (exact) mass is 267 g/mol. The number of aromatic nitrogens is 1. The minimum absolute atomic E-state index is 0.0618. The molecular formula is C12H10FNO3S. The molecule has 94 valence electrons. The van der Waals surface area contributed by atoms with E-state index in [-0.39, 0.29) is 5.56 Å². The Morgan fingerprint density at radius 1 is 1.56 bits per heavy atom. The average molecular weight is 267 g/mol. The summed E-state index contributed by atoms with van der Waals surface area (Å²) in [7, 11) is 0. The van der Waals surface area contributed by atoms with Crippen LogP contribution in [0.4, 0.5) is 4.39 Å². The first-order chi connectivity index (χ1) is 8.56. The molecule has 18 heavy (non-hydrogen) atoms. The van der Waals surface area contributed by atoms with E-state index >= 15 is 0 Å². The van der Waals surface area contributed by atoms with Gasteiger partial charge in [-0.25, -0.2) is 14.2 Å². The van der Waals surface area contributed by atoms with Gasteiger partial charge in [-0.2, -0.15) is 0 Å². The molecule has 0 atom stereocenters. The van der Waals surface area contributed by atoms with Crippen LogP contribution in [-0.2, 0) is 5.75 Å². The second-order valence-electron chi connectivity index (χ2n) is 3.65. The maximum atomic E-state index is 13.6. The zero-order valence-corrected chi connectivity index (χ0v) is 10.3. The van der Waals surface area contributed by atoms with Crippen molar-refractivity contribution in [2.45, 2.75) is 17.9 Å². The molecule has 2 rings (SSSR count). The molecule has 0 spiro atoms. The van der Waals surface area contributed by atoms with Gasteiger partial charge in [0.1, 0.15) is 12.1 Å². The van der Waals surface area contributed by atoms with Gasteiger partial charge in [-0.3, -0.25) is 0 Å². The van der Waals surface area contributed by atoms with E-state index in [1.54, 1.807) is 6.92 Å². The second kappa shape index (κ2) is 5.22. The fourth-order valence-electron chi connectivity index (χ4n) is 1.34. The van der Waals surface area contributed by atoms with Gasteiger partial charge >= 0.3 is 5.97 Å². The number of nitrogens with zero attached hydrogens (tertiary/aromatic N) is 1. The van der Waals surface area contributed by atoms with Crippen LogP contribution in [0.15, 0.2) is 34.1 Å². The van der Waals surface area contributed by atoms with Crippen LogP contribution < -0.4 is 0 Å². The zero-order valence-electron chi connectivity index (χ0n) is 9.51. The van der Waals surface area contributed by atoms with Crippen molar-refractivity contribution < 1.29 is 18.7 Å². The Hall–Kier alpha value is -1.82. The van der Waals surface area contributed by atoms with Crippen molar-refractivity contribution in [2.24, 2.45) is 0 Å². The lowest BCUT2D eigenvalue weighted by Gasteiger charge is -2.02. The summed E-state index contributed by atoms with van der Waals surface area (Å²) in [6, 6.07) is 3.85. The first kappa shape index (κ1) is 12.6. The molecule has 0 aliphatic carbocycles. The standard InChI is InChI=1S/C12H10FNO3S/c1-7-5-17-12(14-7)18-6-9-3-2-8(11(15)16)4-10(9)13/h2-5H,6H2,1H3,(H,15,16). The lowest BCUT2D eigenvalue weighted by Crippen LogP contribution is -1.98. The molecule has 0 aliphatic rings. The third-order valence-electron chi connectivity index (χ3n) is 2.25. The van der Waals surface area contributed by atoms with Gasteiger partial charge in [-0.05, 0) is 24.6 Å². The van der Waals surface area contributed by atoms with Crippen LogP contribution in [0.2, 0.25) is 0 Å². The highest BCUT2D eigenvalue weighted by molar-refractivity contribution is 7.98. The zero-order chi connectivity index (χ0) is 13.1. The summed E-state index contributed by atoms with van der Waals surface area (Å²) in [5.41, 5.74) is 1.12. The van der Waals surface area contributed by atoms with Crippen molar-refractivity contribution in [1.29, 1.82) is 0 Å². The highest BCUT2D eigenvalue weighted by Crippen LogP contribution is 2.23. The predicted octanol–water partition coefficient (Wildman–Crippen LogP) is 3.11. The summed E-state index contributed by atoms with van der Waals surface area (Å²) in [6.07, 6.45) is 1.52. The molecule has 6 heteroatoms. The third kappa shape index (κ3) is 2.89. The number of carboxylic acid groups (broad SMARTS) is 1. The minimum Gasteiger partial charge on any atom is -0.478 e. The van der Waals surface area contributed by atoms with Gasteiger partial charge in [0.25, 0.3) is 5.22 Å². The Morgan fingerprint density at radius 2 is 2.33 bits per heavy atom. The Balaban J connectivity index is 2.08. The van der Waals surface area contributed by atoms with Gasteiger partial charge in [0.05, 0.1) is 11.3 Å². The van der Waals surface area contributed by atoms with Gasteiger partial charge in [-0.1, -0.05) is 17.8 Å². The summed E-state index contributed by atoms with van der Waals surface area (Å²) < 4.78 is 18.7. The number of rotatable bonds is 4. The van der Waals surface area contributed by atoms with Gasteiger partial charge in [0.2, 0.25) is 0 Å². The van der Waals surface area contributed by atoms with Gasteiger partial charge < -0.3 is 9.52 Å². The van der Waals surface area contributed by atoms with E-state index in [1.807, 2.05) is 0 Å². The molecule has 1 heterocycles. The Bertz CT molecular complexity index is 582. The molecule has 0 bridgehead atoms. The van der Waals surface area contributed by atoms with Gasteiger partial charge in [0, 0.05) is 5.75 Å². The third-order valence-corrected chi connectivity index (χ3v) is 3.14. The molecule has 0 amide bonds. The number of aryl methyl sites for hydroxylation is 1. The van der Waals surface area contributed by atoms with Crippen LogP contribution in [-0.4, -0.2) is 16.1 Å². The molecule has 0 saturated carbocycles. The molecule has 4 nitrogen and oxygen atoms in total. The molecular weight excluding hydrogens is 257 g/mol. The summed E-state index contributed by atoms with van der Waals surface area (Å²) in [6.45, 7) is 1.80. The molecule has 0 radical (unpaired) electrons. The van der Waals surface area contributed by atoms with Crippen LogP contribution in [0.1, 0.15) is 21.6 Å². The van der Waals surface area contributed by atoms with E-state index in [4.69, 9.17) is 9.52 Å². The van der Waals surface area contributed by atoms with E-state index in [0.29, 0.717) is 16.5 Å². The number of halogens is 1. The molecule has 2 aromatic rings. The molecule has 0 unspecified atom stereocenters. The summed E-state index contributed by atoms with van der Waals surface area (Å²) >= 11 is 1.26. The van der Waals surface area contributed by atoms with E-state index in [1.165, 1.54) is 30.2 Å². The van der Waals surface area contributed by atoms with E-state index in [2.05, 4.69) is 4.98 Å². The minimum atomic E-state index is -1.14. The number of hydrogen-bond donors (Lipinski definition) is 1. The average Bonchev–Trinajstić information content (AvgIpc) is 2.73. The number of thioether (sulfide) groups is 1. The predicted molar refractivity (Wildman–Crippen MR) is 64.2 cm³/mol. The normalized spacial score (nSPS) is 10.6. The number of carbonyl (C=O) groups is 1. The van der Waals surface area contributed by atoms with Crippen LogP contribution >= 0.6 is 11.8 Å². The molecule has 1 aromatic carbocycles. The van der Waals surface area contributed by atoms with Crippen molar-refractivity contribution in [3.8, 4) is 0 Å². The van der Waals surface area contributed by atoms with E-state index < -0.39 is 11.8 Å². The van der Waals surface area contributed by atoms with Crippen molar-refractivity contribution >= 4 is 17.7 Å². The molecule has 0 fully saturated rings. The Labute approximate surface area is 107 Å². The van der Waals surface area contributed by atoms with Crippen molar-refractivity contribution in [2.75, 3.05) is 0 Å². The number of benzene rings is 1. The summed E-state index contributed by atoms with van der Waals surface area (Å²) in [5.74, 6) is -1.34. The van der Waals surface area contributed by atoms with Crippen molar-refractivity contribution in [3.63, 3.8) is 0 Å². The van der Waals surface area contributed by atoms with Crippen LogP contribution in [0.5, 0.6) is 0 Å². The van der Waals surface area contributed by atoms with Gasteiger partial charge in [0.15, 0.2) is 0 Å². The maximum Gasteiger partial charge on any atom is 0.335 e. The molecule has 1 aromatic heterocycles. The first-order valence-electron chi connectivity index (χ1n) is 5.13. The number of oxazole rings is 1. The Kier molecular flexibility index (Phi) is 3.66. The highest BCUT2D eigenvalue weighted by atomic mass is 32.2. The lowest BCUT2D eigenvalue weighted by molar-refractivity contribution is 0.0696. The fourth-order valence-corrected chi connectivity index (χ4v) is 2.17. The van der Waals surface area contributed by atoms with Crippen molar-refractivity contribution in [3.05, 3.63) is 47.1 Å². The summed E-state index contributed by atoms with van der Waals surface area (Å²) in [5, 5.41) is 9.18. The topological polar surface area (TPSA) is 63.3 Å². The fraction of sp³-hybridized carbons (Fsp3) is 0.167. The van der Waals surface area contributed by atoms with Gasteiger partial charge in [-0.15, -0.1) is 0 Å². The summed E-state index contributed by atoms with van der Waals surface area (Å²) in [4.78, 5) is 14.7. The van der Waals surface area contributed by atoms with Crippen molar-refractivity contribution in [1.82, 2.24) is 4.98 Å². The maximum absolute atomic E-state index is 13.6. The van der Waals surface area contributed by atoms with E-state index in [0.717, 1.165) is 11.8 Å². The molecule has 0 saturated heterocycles. The first-order valence-corrected chi connectivity index (χ1v) is 6.11. The molecule has 0 aliphatic heterocycles. The Morgan fingerprint density at radius 3 is 2.89 bits per heavy atom. The second-order valence-corrected chi connectivity index (χ2v) is 4.58. The van der Waals surface area contributed by atoms with Crippen LogP contribution in [0, 0.1) is 12.7 Å². The van der Waals surface area contributed by atoms with E-state index in [9.17, 15) is 9.18 Å². The van der Waals surface area contributed by atoms with Crippen LogP contribution in [0.25, 0.3) is 0 Å². The highest BCUT2D eigenvalue weighted by Gasteiger charge is 2.10.